The van der Waals surface area contributed by atoms with E-state index < -0.39 is 0 Å². The zero-order chi connectivity index (χ0) is 68.6. The highest BCUT2D eigenvalue weighted by atomic mass is 14.8. The molecule has 0 radical (unpaired) electrons. The molecule has 0 bridgehead atoms. The maximum atomic E-state index is 5.18. The summed E-state index contributed by atoms with van der Waals surface area (Å²) in [4.78, 5) is 48.9. The van der Waals surface area contributed by atoms with Gasteiger partial charge in [0.2, 0.25) is 0 Å². The molecular formula is C94H56N10. The first-order valence-electron chi connectivity index (χ1n) is 34.7. The predicted molar refractivity (Wildman–Crippen MR) is 427 cm³/mol. The van der Waals surface area contributed by atoms with E-state index in [0.717, 1.165) is 210 Å². The van der Waals surface area contributed by atoms with Crippen LogP contribution in [0.1, 0.15) is 0 Å². The molecule has 10 nitrogen and oxygen atoms in total. The van der Waals surface area contributed by atoms with E-state index in [1.807, 2.05) is 85.3 Å². The average Bonchev–Trinajstić information content (AvgIpc) is 0.754. The van der Waals surface area contributed by atoms with Crippen LogP contribution in [0, 0.1) is 0 Å². The largest absolute Gasteiger partial charge is 0.254 e. The van der Waals surface area contributed by atoms with Gasteiger partial charge in [-0.1, -0.05) is 194 Å². The Morgan fingerprint density at radius 3 is 1.00 bits per heavy atom. The molecule has 0 aliphatic carbocycles. The van der Waals surface area contributed by atoms with E-state index in [1.165, 1.54) is 0 Å². The summed E-state index contributed by atoms with van der Waals surface area (Å²) in [6, 6.07) is 112. The van der Waals surface area contributed by atoms with Gasteiger partial charge in [-0.2, -0.15) is 0 Å². The molecule has 0 amide bonds. The van der Waals surface area contributed by atoms with Crippen molar-refractivity contribution in [2.45, 2.75) is 0 Å². The zero-order valence-corrected chi connectivity index (χ0v) is 55.8. The molecule has 0 fully saturated rings. The second-order valence-electron chi connectivity index (χ2n) is 26.3. The van der Waals surface area contributed by atoms with Gasteiger partial charge in [-0.15, -0.1) is 0 Å². The van der Waals surface area contributed by atoms with Crippen molar-refractivity contribution in [2.24, 2.45) is 0 Å². The third-order valence-electron chi connectivity index (χ3n) is 20.0. The van der Waals surface area contributed by atoms with Gasteiger partial charge in [0.25, 0.3) is 0 Å². The number of benzene rings is 11. The lowest BCUT2D eigenvalue weighted by molar-refractivity contribution is 1.32. The van der Waals surface area contributed by atoms with Crippen molar-refractivity contribution in [3.8, 4) is 89.9 Å². The maximum absolute atomic E-state index is 5.18. The van der Waals surface area contributed by atoms with Crippen molar-refractivity contribution in [1.82, 2.24) is 49.8 Å². The number of nitrogens with zero attached hydrogens (tertiary/aromatic N) is 10. The summed E-state index contributed by atoms with van der Waals surface area (Å²) in [5, 5.41) is 13.2. The van der Waals surface area contributed by atoms with Gasteiger partial charge in [-0.05, 0) is 172 Å². The molecule has 21 rings (SSSR count). The number of fused-ring (bicyclic) bond motifs is 13. The van der Waals surface area contributed by atoms with E-state index in [-0.39, 0.29) is 0 Å². The highest BCUT2D eigenvalue weighted by Crippen LogP contribution is 2.40. The monoisotopic (exact) mass is 1320 g/mol. The van der Waals surface area contributed by atoms with E-state index in [9.17, 15) is 0 Å². The minimum Gasteiger partial charge on any atom is -0.254 e. The normalized spacial score (nSPS) is 11.7. The maximum Gasteiger partial charge on any atom is 0.0972 e. The standard InChI is InChI=1S/C49H29N5.C45H27N5/c1-4-10-41-30(6-1)13-25-46(52-41)47-26-18-36-29-34(16-22-43(36)53-47)33-15-21-42-35(28-33)17-24-44(51-42)39-19-20-40(38-9-3-2-8-37(38)39)45-23-14-32-12-11-31-7-5-27-50-48(31)49(32)54-45;1-2-8-38-29(5-1)13-21-42(49-38)43-22-17-34-26-32(15-19-41(34)50-43)31-14-18-40-33(25-31)16-20-39(48-40)30-11-9-28(10-12-30)37-27-35-6-3-23-46-44(35)45-36(37)7-4-24-47-45/h1-29H;1-27H. The van der Waals surface area contributed by atoms with Crippen molar-refractivity contribution in [3.05, 3.63) is 340 Å². The summed E-state index contributed by atoms with van der Waals surface area (Å²) in [7, 11) is 0. The Morgan fingerprint density at radius 2 is 0.481 bits per heavy atom. The Balaban J connectivity index is 0.000000139. The van der Waals surface area contributed by atoms with Crippen molar-refractivity contribution in [1.29, 1.82) is 0 Å². The zero-order valence-electron chi connectivity index (χ0n) is 55.8. The molecule has 0 saturated carbocycles. The van der Waals surface area contributed by atoms with Crippen LogP contribution in [0.2, 0.25) is 0 Å². The van der Waals surface area contributed by atoms with E-state index in [4.69, 9.17) is 34.9 Å². The summed E-state index contributed by atoms with van der Waals surface area (Å²) in [6.07, 6.45) is 5.49. The fraction of sp³-hybridized carbons (Fsp3) is 0. The van der Waals surface area contributed by atoms with Gasteiger partial charge in [0.05, 0.1) is 95.0 Å². The first-order chi connectivity index (χ1) is 51.4. The van der Waals surface area contributed by atoms with Crippen LogP contribution in [0.4, 0.5) is 0 Å². The lowest BCUT2D eigenvalue weighted by atomic mass is 9.95. The van der Waals surface area contributed by atoms with Crippen LogP contribution < -0.4 is 0 Å². The van der Waals surface area contributed by atoms with Gasteiger partial charge in [0.1, 0.15) is 0 Å². The molecule has 0 spiro atoms. The fourth-order valence-corrected chi connectivity index (χ4v) is 14.7. The number of aromatic nitrogens is 10. The topological polar surface area (TPSA) is 129 Å². The van der Waals surface area contributed by atoms with Gasteiger partial charge in [-0.3, -0.25) is 15.0 Å². The summed E-state index contributed by atoms with van der Waals surface area (Å²) < 4.78 is 0. The Hall–Kier alpha value is -14.2. The van der Waals surface area contributed by atoms with Crippen LogP contribution in [0.5, 0.6) is 0 Å². The SMILES string of the molecule is c1ccc2nc(-c3ccc4cc(-c5ccc6nc(-c7ccc(-c8cc9cccnc9c9ncccc89)cc7)ccc6c5)ccc4n3)ccc2c1.c1ccc2nc(-c3ccc4cc(-c5ccc6nc(-c7ccc(-c8ccc9ccc%10cccnc%10c9n8)c8ccccc78)ccc6c5)ccc4n3)ccc2c1. The lowest BCUT2D eigenvalue weighted by Gasteiger charge is -2.13. The van der Waals surface area contributed by atoms with Crippen LogP contribution in [0.15, 0.2) is 340 Å². The molecule has 0 atom stereocenters. The number of hydrogen-bond acceptors (Lipinski definition) is 10. The predicted octanol–water partition coefficient (Wildman–Crippen LogP) is 23.3. The Kier molecular flexibility index (Phi) is 14.3. The molecular weight excluding hydrogens is 1270 g/mol. The quantitative estimate of drug-likeness (QED) is 0.136. The van der Waals surface area contributed by atoms with Gasteiger partial charge in [0.15, 0.2) is 0 Å². The highest BCUT2D eigenvalue weighted by Gasteiger charge is 2.17. The third kappa shape index (κ3) is 10.9. The Morgan fingerprint density at radius 1 is 0.154 bits per heavy atom. The van der Waals surface area contributed by atoms with Crippen molar-refractivity contribution >= 4 is 120 Å². The number of para-hydroxylation sites is 2. The van der Waals surface area contributed by atoms with E-state index in [1.54, 1.807) is 0 Å². The van der Waals surface area contributed by atoms with Gasteiger partial charge in [0, 0.05) is 89.1 Å². The minimum atomic E-state index is 0.868. The Labute approximate surface area is 596 Å². The smallest absolute Gasteiger partial charge is 0.0972 e. The molecule has 104 heavy (non-hydrogen) atoms. The van der Waals surface area contributed by atoms with Crippen LogP contribution >= 0.6 is 0 Å². The second kappa shape index (κ2) is 24.9. The van der Waals surface area contributed by atoms with Crippen LogP contribution in [-0.2, 0) is 0 Å². The van der Waals surface area contributed by atoms with Gasteiger partial charge in [-0.25, -0.2) is 34.9 Å². The molecule has 0 N–H and O–H groups in total. The molecule has 10 aromatic heterocycles. The third-order valence-corrected chi connectivity index (χ3v) is 20.0. The highest BCUT2D eigenvalue weighted by molar-refractivity contribution is 6.11. The molecule has 0 aliphatic rings. The van der Waals surface area contributed by atoms with Crippen LogP contribution in [-0.4, -0.2) is 49.8 Å². The molecule has 21 aromatic rings. The fourth-order valence-electron chi connectivity index (χ4n) is 14.7. The molecule has 11 aromatic carbocycles. The van der Waals surface area contributed by atoms with Crippen LogP contribution in [0.25, 0.3) is 210 Å². The van der Waals surface area contributed by atoms with E-state index in [0.29, 0.717) is 0 Å². The van der Waals surface area contributed by atoms with Gasteiger partial charge >= 0.3 is 0 Å². The van der Waals surface area contributed by atoms with Crippen molar-refractivity contribution < 1.29 is 0 Å². The molecule has 0 aliphatic heterocycles. The Bertz CT molecular complexity index is 7080. The molecule has 0 saturated heterocycles. The van der Waals surface area contributed by atoms with E-state index in [2.05, 4.69) is 270 Å². The van der Waals surface area contributed by atoms with Crippen LogP contribution in [0.3, 0.4) is 0 Å². The molecule has 10 heterocycles. The van der Waals surface area contributed by atoms with Gasteiger partial charge < -0.3 is 0 Å². The summed E-state index contributed by atoms with van der Waals surface area (Å²) >= 11 is 0. The first-order valence-corrected chi connectivity index (χ1v) is 34.7. The average molecular weight is 1330 g/mol. The summed E-state index contributed by atoms with van der Waals surface area (Å²) in [5.74, 6) is 0. The molecule has 10 heteroatoms. The number of pyridine rings is 10. The lowest BCUT2D eigenvalue weighted by Crippen LogP contribution is -1.92. The summed E-state index contributed by atoms with van der Waals surface area (Å²) in [5.41, 5.74) is 25.8. The number of hydrogen-bond donors (Lipinski definition) is 0. The number of rotatable bonds is 8. The molecule has 482 valence electrons. The summed E-state index contributed by atoms with van der Waals surface area (Å²) in [6.45, 7) is 0. The second-order valence-corrected chi connectivity index (χ2v) is 26.3. The molecule has 0 unspecified atom stereocenters. The minimum absolute atomic E-state index is 0.868. The van der Waals surface area contributed by atoms with Crippen molar-refractivity contribution in [2.75, 3.05) is 0 Å². The first kappa shape index (κ1) is 59.8. The van der Waals surface area contributed by atoms with E-state index >= 15 is 0 Å². The van der Waals surface area contributed by atoms with Crippen molar-refractivity contribution in [3.63, 3.8) is 0 Å².